The van der Waals surface area contributed by atoms with Gasteiger partial charge in [-0.15, -0.1) is 0 Å². The van der Waals surface area contributed by atoms with Gasteiger partial charge in [0, 0.05) is 23.2 Å². The van der Waals surface area contributed by atoms with Gasteiger partial charge in [0.05, 0.1) is 5.69 Å². The molecule has 2 rings (SSSR count). The molecular formula is C15H18N2O2. The summed E-state index contributed by atoms with van der Waals surface area (Å²) in [6, 6.07) is 6.21. The molecule has 1 heterocycles. The molecule has 0 fully saturated rings. The average molecular weight is 258 g/mol. The van der Waals surface area contributed by atoms with E-state index in [1.165, 1.54) is 5.56 Å². The monoisotopic (exact) mass is 258 g/mol. The van der Waals surface area contributed by atoms with E-state index in [4.69, 9.17) is 5.11 Å². The number of nitrogens with zero attached hydrogens (tertiary/aromatic N) is 1. The lowest BCUT2D eigenvalue weighted by Crippen LogP contribution is -1.99. The number of nitrogens with one attached hydrogen (secondary N) is 1. The second kappa shape index (κ2) is 5.26. The normalized spacial score (nSPS) is 10.7. The van der Waals surface area contributed by atoms with E-state index in [1.807, 2.05) is 26.0 Å². The van der Waals surface area contributed by atoms with Gasteiger partial charge in [-0.05, 0) is 32.8 Å². The average Bonchev–Trinajstić information content (AvgIpc) is 2.68. The van der Waals surface area contributed by atoms with E-state index < -0.39 is 5.97 Å². The van der Waals surface area contributed by atoms with Crippen LogP contribution in [0.3, 0.4) is 0 Å². The van der Waals surface area contributed by atoms with Crippen LogP contribution in [0.15, 0.2) is 18.2 Å². The number of aromatic amines is 1. The summed E-state index contributed by atoms with van der Waals surface area (Å²) in [6.07, 6.45) is 0.624. The highest BCUT2D eigenvalue weighted by Gasteiger charge is 2.15. The Balaban J connectivity index is 2.42. The van der Waals surface area contributed by atoms with Gasteiger partial charge in [-0.3, -0.25) is 9.89 Å². The fourth-order valence-corrected chi connectivity index (χ4v) is 2.29. The second-order valence-corrected chi connectivity index (χ2v) is 4.89. The Morgan fingerprint density at radius 2 is 2.05 bits per heavy atom. The quantitative estimate of drug-likeness (QED) is 0.885. The summed E-state index contributed by atoms with van der Waals surface area (Å²) in [5.74, 6) is -0.785. The number of carboxylic acid groups (broad SMARTS) is 1. The molecule has 4 heteroatoms. The van der Waals surface area contributed by atoms with Crippen molar-refractivity contribution in [1.29, 1.82) is 0 Å². The van der Waals surface area contributed by atoms with Crippen LogP contribution in [-0.4, -0.2) is 21.3 Å². The number of hydrogen-bond acceptors (Lipinski definition) is 2. The predicted octanol–water partition coefficient (Wildman–Crippen LogP) is 3.02. The third-order valence-corrected chi connectivity index (χ3v) is 3.30. The van der Waals surface area contributed by atoms with Crippen LogP contribution in [0.5, 0.6) is 0 Å². The zero-order valence-corrected chi connectivity index (χ0v) is 11.4. The maximum atomic E-state index is 10.7. The van der Waals surface area contributed by atoms with Gasteiger partial charge in [0.2, 0.25) is 0 Å². The van der Waals surface area contributed by atoms with Crippen molar-refractivity contribution < 1.29 is 9.90 Å². The number of carboxylic acids is 1. The summed E-state index contributed by atoms with van der Waals surface area (Å²) < 4.78 is 0. The first-order valence-electron chi connectivity index (χ1n) is 6.32. The molecule has 19 heavy (non-hydrogen) atoms. The maximum Gasteiger partial charge on any atom is 0.303 e. The van der Waals surface area contributed by atoms with Gasteiger partial charge in [-0.1, -0.05) is 23.8 Å². The number of aliphatic carboxylic acids is 1. The van der Waals surface area contributed by atoms with Gasteiger partial charge in [-0.25, -0.2) is 0 Å². The lowest BCUT2D eigenvalue weighted by atomic mass is 9.97. The van der Waals surface area contributed by atoms with Crippen LogP contribution in [0, 0.1) is 20.8 Å². The minimum atomic E-state index is -0.785. The van der Waals surface area contributed by atoms with Crippen molar-refractivity contribution in [2.75, 3.05) is 0 Å². The van der Waals surface area contributed by atoms with E-state index >= 15 is 0 Å². The SMILES string of the molecule is Cc1ccc(-c2n[nH]c(C)c2CCC(=O)O)c(C)c1. The molecule has 0 saturated carbocycles. The highest BCUT2D eigenvalue weighted by atomic mass is 16.4. The molecule has 0 unspecified atom stereocenters. The molecule has 0 saturated heterocycles. The molecule has 0 aliphatic carbocycles. The van der Waals surface area contributed by atoms with E-state index in [9.17, 15) is 4.79 Å². The number of aromatic nitrogens is 2. The number of rotatable bonds is 4. The lowest BCUT2D eigenvalue weighted by Gasteiger charge is -2.07. The molecule has 1 aromatic heterocycles. The topological polar surface area (TPSA) is 66.0 Å². The van der Waals surface area contributed by atoms with Gasteiger partial charge < -0.3 is 5.11 Å². The fraction of sp³-hybridized carbons (Fsp3) is 0.333. The molecule has 0 spiro atoms. The Hall–Kier alpha value is -2.10. The zero-order valence-electron chi connectivity index (χ0n) is 11.4. The summed E-state index contributed by atoms with van der Waals surface area (Å²) in [7, 11) is 0. The lowest BCUT2D eigenvalue weighted by molar-refractivity contribution is -0.136. The van der Waals surface area contributed by atoms with Crippen LogP contribution in [0.2, 0.25) is 0 Å². The number of benzene rings is 1. The molecule has 2 aromatic rings. The van der Waals surface area contributed by atoms with Crippen molar-refractivity contribution in [1.82, 2.24) is 10.2 Å². The van der Waals surface area contributed by atoms with E-state index in [2.05, 4.69) is 23.2 Å². The van der Waals surface area contributed by atoms with Crippen LogP contribution in [0.25, 0.3) is 11.3 Å². The van der Waals surface area contributed by atoms with Crippen molar-refractivity contribution in [3.05, 3.63) is 40.6 Å². The number of hydrogen-bond donors (Lipinski definition) is 2. The molecule has 0 aliphatic rings. The summed E-state index contributed by atoms with van der Waals surface area (Å²) in [4.78, 5) is 10.7. The van der Waals surface area contributed by atoms with Gasteiger partial charge in [0.15, 0.2) is 0 Å². The van der Waals surface area contributed by atoms with E-state index in [0.717, 1.165) is 28.1 Å². The van der Waals surface area contributed by atoms with Gasteiger partial charge in [0.25, 0.3) is 0 Å². The van der Waals surface area contributed by atoms with Crippen LogP contribution in [0.4, 0.5) is 0 Å². The van der Waals surface area contributed by atoms with Crippen molar-refractivity contribution in [3.8, 4) is 11.3 Å². The van der Waals surface area contributed by atoms with Crippen molar-refractivity contribution in [2.45, 2.75) is 33.6 Å². The Morgan fingerprint density at radius 1 is 1.32 bits per heavy atom. The smallest absolute Gasteiger partial charge is 0.303 e. The molecular weight excluding hydrogens is 240 g/mol. The molecule has 0 aliphatic heterocycles. The maximum absolute atomic E-state index is 10.7. The third kappa shape index (κ3) is 2.84. The summed E-state index contributed by atoms with van der Waals surface area (Å²) in [5.41, 5.74) is 6.24. The van der Waals surface area contributed by atoms with Crippen LogP contribution in [-0.2, 0) is 11.2 Å². The van der Waals surface area contributed by atoms with E-state index in [0.29, 0.717) is 6.42 Å². The van der Waals surface area contributed by atoms with Crippen molar-refractivity contribution in [2.24, 2.45) is 0 Å². The summed E-state index contributed by atoms with van der Waals surface area (Å²) >= 11 is 0. The first-order chi connectivity index (χ1) is 8.99. The largest absolute Gasteiger partial charge is 0.481 e. The molecule has 2 N–H and O–H groups in total. The molecule has 4 nitrogen and oxygen atoms in total. The third-order valence-electron chi connectivity index (χ3n) is 3.30. The van der Waals surface area contributed by atoms with Crippen molar-refractivity contribution in [3.63, 3.8) is 0 Å². The summed E-state index contributed by atoms with van der Waals surface area (Å²) in [5, 5.41) is 16.1. The Kier molecular flexibility index (Phi) is 3.69. The molecule has 0 radical (unpaired) electrons. The van der Waals surface area contributed by atoms with E-state index in [-0.39, 0.29) is 6.42 Å². The molecule has 0 amide bonds. The summed E-state index contributed by atoms with van der Waals surface area (Å²) in [6.45, 7) is 6.03. The Labute approximate surface area is 112 Å². The Bertz CT molecular complexity index is 615. The number of carbonyl (C=O) groups is 1. The number of H-pyrrole nitrogens is 1. The Morgan fingerprint density at radius 3 is 2.68 bits per heavy atom. The van der Waals surface area contributed by atoms with Gasteiger partial charge in [0.1, 0.15) is 0 Å². The predicted molar refractivity (Wildman–Crippen MR) is 74.2 cm³/mol. The number of aryl methyl sites for hydroxylation is 3. The molecule has 100 valence electrons. The fourth-order valence-electron chi connectivity index (χ4n) is 2.29. The van der Waals surface area contributed by atoms with Gasteiger partial charge in [-0.2, -0.15) is 5.10 Å². The van der Waals surface area contributed by atoms with Crippen LogP contribution >= 0.6 is 0 Å². The minimum absolute atomic E-state index is 0.123. The van der Waals surface area contributed by atoms with E-state index in [1.54, 1.807) is 0 Å². The minimum Gasteiger partial charge on any atom is -0.481 e. The second-order valence-electron chi connectivity index (χ2n) is 4.89. The highest BCUT2D eigenvalue weighted by Crippen LogP contribution is 2.28. The van der Waals surface area contributed by atoms with Crippen LogP contribution < -0.4 is 0 Å². The first-order valence-corrected chi connectivity index (χ1v) is 6.32. The zero-order chi connectivity index (χ0) is 14.0. The van der Waals surface area contributed by atoms with Gasteiger partial charge >= 0.3 is 5.97 Å². The molecule has 0 atom stereocenters. The molecule has 1 aromatic carbocycles. The molecule has 0 bridgehead atoms. The highest BCUT2D eigenvalue weighted by molar-refractivity contribution is 5.70. The standard InChI is InChI=1S/C15H18N2O2/c1-9-4-5-12(10(2)8-9)15-13(6-7-14(18)19)11(3)16-17-15/h4-5,8H,6-7H2,1-3H3,(H,16,17)(H,18,19). The van der Waals surface area contributed by atoms with Crippen molar-refractivity contribution >= 4 is 5.97 Å². The first kappa shape index (κ1) is 13.3. The van der Waals surface area contributed by atoms with Crippen LogP contribution in [0.1, 0.15) is 28.8 Å².